The summed E-state index contributed by atoms with van der Waals surface area (Å²) in [5, 5.41) is 2.89. The van der Waals surface area contributed by atoms with E-state index < -0.39 is 10.0 Å². The Balaban J connectivity index is 1.33. The van der Waals surface area contributed by atoms with E-state index in [9.17, 15) is 17.6 Å². The molecule has 0 saturated carbocycles. The van der Waals surface area contributed by atoms with Crippen LogP contribution in [-0.4, -0.2) is 38.8 Å². The van der Waals surface area contributed by atoms with Crippen molar-refractivity contribution in [1.29, 1.82) is 0 Å². The number of para-hydroxylation sites is 1. The van der Waals surface area contributed by atoms with Crippen LogP contribution in [0.3, 0.4) is 0 Å². The number of anilines is 2. The predicted molar refractivity (Wildman–Crippen MR) is 132 cm³/mol. The highest BCUT2D eigenvalue weighted by Crippen LogP contribution is 2.27. The van der Waals surface area contributed by atoms with E-state index in [1.807, 2.05) is 35.2 Å². The summed E-state index contributed by atoms with van der Waals surface area (Å²) in [6, 6.07) is 22.3. The molecule has 8 heteroatoms. The van der Waals surface area contributed by atoms with Gasteiger partial charge in [-0.1, -0.05) is 42.5 Å². The van der Waals surface area contributed by atoms with Crippen molar-refractivity contribution in [2.75, 3.05) is 30.4 Å². The number of benzene rings is 3. The summed E-state index contributed by atoms with van der Waals surface area (Å²) >= 11 is 0. The molecule has 3 aromatic carbocycles. The van der Waals surface area contributed by atoms with Crippen molar-refractivity contribution in [3.05, 3.63) is 90.2 Å². The lowest BCUT2D eigenvalue weighted by Gasteiger charge is -2.33. The van der Waals surface area contributed by atoms with Gasteiger partial charge in [0.2, 0.25) is 15.9 Å². The van der Waals surface area contributed by atoms with Gasteiger partial charge < -0.3 is 10.2 Å². The molecule has 4 rings (SSSR count). The van der Waals surface area contributed by atoms with E-state index in [0.29, 0.717) is 37.3 Å². The SMILES string of the molecule is CN(Cc1ccccc1)S(=O)(=O)c1ccc(NC(=O)C2CCN(c3ccccc3F)CC2)cc1. The fourth-order valence-electron chi connectivity index (χ4n) is 4.15. The minimum Gasteiger partial charge on any atom is -0.369 e. The molecule has 1 aliphatic heterocycles. The summed E-state index contributed by atoms with van der Waals surface area (Å²) in [4.78, 5) is 14.9. The van der Waals surface area contributed by atoms with Crippen molar-refractivity contribution in [3.8, 4) is 0 Å². The molecule has 0 unspecified atom stereocenters. The van der Waals surface area contributed by atoms with Gasteiger partial charge in [0.15, 0.2) is 0 Å². The highest BCUT2D eigenvalue weighted by Gasteiger charge is 2.26. The number of nitrogens with one attached hydrogen (secondary N) is 1. The smallest absolute Gasteiger partial charge is 0.243 e. The first-order chi connectivity index (χ1) is 16.3. The zero-order chi connectivity index (χ0) is 24.1. The summed E-state index contributed by atoms with van der Waals surface area (Å²) in [6.45, 7) is 1.47. The molecule has 6 nitrogen and oxygen atoms in total. The van der Waals surface area contributed by atoms with Crippen LogP contribution in [-0.2, 0) is 21.4 Å². The number of carbonyl (C=O) groups is 1. The molecule has 178 valence electrons. The molecule has 3 aromatic rings. The van der Waals surface area contributed by atoms with Crippen LogP contribution < -0.4 is 10.2 Å². The number of rotatable bonds is 7. The van der Waals surface area contributed by atoms with E-state index in [4.69, 9.17) is 0 Å². The fraction of sp³-hybridized carbons (Fsp3) is 0.269. The van der Waals surface area contributed by atoms with Crippen molar-refractivity contribution in [1.82, 2.24) is 4.31 Å². The molecule has 0 bridgehead atoms. The molecule has 0 radical (unpaired) electrons. The van der Waals surface area contributed by atoms with Crippen LogP contribution in [0.15, 0.2) is 83.8 Å². The van der Waals surface area contributed by atoms with Gasteiger partial charge in [0.25, 0.3) is 0 Å². The lowest BCUT2D eigenvalue weighted by molar-refractivity contribution is -0.120. The van der Waals surface area contributed by atoms with Gasteiger partial charge in [-0.15, -0.1) is 0 Å². The van der Waals surface area contributed by atoms with Gasteiger partial charge in [0.1, 0.15) is 5.82 Å². The second-order valence-electron chi connectivity index (χ2n) is 8.47. The van der Waals surface area contributed by atoms with Gasteiger partial charge in [-0.05, 0) is 54.8 Å². The Labute approximate surface area is 200 Å². The standard InChI is InChI=1S/C26H28FN3O3S/c1-29(19-20-7-3-2-4-8-20)34(32,33)23-13-11-22(12-14-23)28-26(31)21-15-17-30(18-16-21)25-10-6-5-9-24(25)27/h2-14,21H,15-19H2,1H3,(H,28,31). The first kappa shape index (κ1) is 23.9. The second-order valence-corrected chi connectivity index (χ2v) is 10.5. The molecule has 1 saturated heterocycles. The average Bonchev–Trinajstić information content (AvgIpc) is 2.85. The molecule has 1 fully saturated rings. The minimum absolute atomic E-state index is 0.106. The number of hydrogen-bond donors (Lipinski definition) is 1. The zero-order valence-corrected chi connectivity index (χ0v) is 19.8. The van der Waals surface area contributed by atoms with E-state index >= 15 is 0 Å². The Morgan fingerprint density at radius 3 is 2.24 bits per heavy atom. The van der Waals surface area contributed by atoms with Gasteiger partial charge in [-0.3, -0.25) is 4.79 Å². The Bertz CT molecular complexity index is 1230. The number of nitrogens with zero attached hydrogens (tertiary/aromatic N) is 2. The van der Waals surface area contributed by atoms with Crippen LogP contribution in [0.5, 0.6) is 0 Å². The molecule has 1 aliphatic rings. The summed E-state index contributed by atoms with van der Waals surface area (Å²) < 4.78 is 41.1. The van der Waals surface area contributed by atoms with Gasteiger partial charge in [0, 0.05) is 38.3 Å². The van der Waals surface area contributed by atoms with E-state index in [1.54, 1.807) is 37.4 Å². The maximum Gasteiger partial charge on any atom is 0.243 e. The lowest BCUT2D eigenvalue weighted by Crippen LogP contribution is -2.38. The predicted octanol–water partition coefficient (Wildman–Crippen LogP) is 4.50. The first-order valence-corrected chi connectivity index (χ1v) is 12.7. The fourth-order valence-corrected chi connectivity index (χ4v) is 5.31. The summed E-state index contributed by atoms with van der Waals surface area (Å²) in [5.41, 5.74) is 2.01. The molecule has 34 heavy (non-hydrogen) atoms. The van der Waals surface area contributed by atoms with E-state index in [1.165, 1.54) is 22.5 Å². The van der Waals surface area contributed by atoms with Crippen molar-refractivity contribution in [2.45, 2.75) is 24.3 Å². The third-order valence-corrected chi connectivity index (χ3v) is 7.95. The van der Waals surface area contributed by atoms with Gasteiger partial charge >= 0.3 is 0 Å². The number of sulfonamides is 1. The Morgan fingerprint density at radius 2 is 1.59 bits per heavy atom. The van der Waals surface area contributed by atoms with Crippen LogP contribution in [0.25, 0.3) is 0 Å². The normalized spacial score (nSPS) is 14.9. The summed E-state index contributed by atoms with van der Waals surface area (Å²) in [6.07, 6.45) is 1.24. The molecule has 0 atom stereocenters. The molecule has 0 aromatic heterocycles. The minimum atomic E-state index is -3.65. The topological polar surface area (TPSA) is 69.7 Å². The van der Waals surface area contributed by atoms with Gasteiger partial charge in [-0.25, -0.2) is 12.8 Å². The van der Waals surface area contributed by atoms with E-state index in [-0.39, 0.29) is 29.1 Å². The van der Waals surface area contributed by atoms with Crippen LogP contribution in [0.2, 0.25) is 0 Å². The second kappa shape index (κ2) is 10.4. The molecular weight excluding hydrogens is 453 g/mol. The molecule has 0 aliphatic carbocycles. The monoisotopic (exact) mass is 481 g/mol. The largest absolute Gasteiger partial charge is 0.369 e. The zero-order valence-electron chi connectivity index (χ0n) is 19.0. The highest BCUT2D eigenvalue weighted by atomic mass is 32.2. The quantitative estimate of drug-likeness (QED) is 0.540. The van der Waals surface area contributed by atoms with Crippen molar-refractivity contribution in [3.63, 3.8) is 0 Å². The van der Waals surface area contributed by atoms with Crippen molar-refractivity contribution < 1.29 is 17.6 Å². The maximum absolute atomic E-state index is 14.0. The number of piperidine rings is 1. The molecule has 0 spiro atoms. The van der Waals surface area contributed by atoms with E-state index in [2.05, 4.69) is 5.32 Å². The molecular formula is C26H28FN3O3S. The average molecular weight is 482 g/mol. The number of halogens is 1. The van der Waals surface area contributed by atoms with Crippen molar-refractivity contribution >= 4 is 27.3 Å². The third-order valence-electron chi connectivity index (χ3n) is 6.14. The van der Waals surface area contributed by atoms with Gasteiger partial charge in [-0.2, -0.15) is 4.31 Å². The summed E-state index contributed by atoms with van der Waals surface area (Å²) in [5.74, 6) is -0.539. The Morgan fingerprint density at radius 1 is 0.971 bits per heavy atom. The number of amides is 1. The number of carbonyl (C=O) groups excluding carboxylic acids is 1. The molecule has 1 heterocycles. The van der Waals surface area contributed by atoms with Crippen LogP contribution in [0.1, 0.15) is 18.4 Å². The molecule has 1 N–H and O–H groups in total. The third kappa shape index (κ3) is 5.46. The van der Waals surface area contributed by atoms with E-state index in [0.717, 1.165) is 5.56 Å². The number of hydrogen-bond acceptors (Lipinski definition) is 4. The van der Waals surface area contributed by atoms with Gasteiger partial charge in [0.05, 0.1) is 10.6 Å². The highest BCUT2D eigenvalue weighted by molar-refractivity contribution is 7.89. The lowest BCUT2D eigenvalue weighted by atomic mass is 9.95. The Kier molecular flexibility index (Phi) is 7.29. The molecule has 1 amide bonds. The first-order valence-electron chi connectivity index (χ1n) is 11.3. The van der Waals surface area contributed by atoms with Crippen LogP contribution in [0, 0.1) is 11.7 Å². The summed E-state index contributed by atoms with van der Waals surface area (Å²) in [7, 11) is -2.11. The van der Waals surface area contributed by atoms with Crippen molar-refractivity contribution in [2.24, 2.45) is 5.92 Å². The van der Waals surface area contributed by atoms with Crippen LogP contribution in [0.4, 0.5) is 15.8 Å². The Hall–Kier alpha value is -3.23. The maximum atomic E-state index is 14.0. The van der Waals surface area contributed by atoms with Crippen LogP contribution >= 0.6 is 0 Å².